The first kappa shape index (κ1) is 32.9. The molecule has 2 aliphatic heterocycles. The van der Waals surface area contributed by atoms with Crippen LogP contribution in [0.5, 0.6) is 0 Å². The number of alkyl halides is 1. The molecule has 0 saturated carbocycles. The molecule has 5 rings (SSSR count). The van der Waals surface area contributed by atoms with E-state index in [1.807, 2.05) is 0 Å². The molecule has 1 aromatic heterocycles. The number of piperazine rings is 1. The number of halogens is 5. The van der Waals surface area contributed by atoms with E-state index in [4.69, 9.17) is 0 Å². The number of anilines is 1. The van der Waals surface area contributed by atoms with Crippen LogP contribution in [0.25, 0.3) is 0 Å². The summed E-state index contributed by atoms with van der Waals surface area (Å²) in [6, 6.07) is 7.57. The van der Waals surface area contributed by atoms with Gasteiger partial charge in [0.05, 0.1) is 18.1 Å². The summed E-state index contributed by atoms with van der Waals surface area (Å²) in [6.45, 7) is 1.16. The van der Waals surface area contributed by atoms with Crippen LogP contribution in [-0.2, 0) is 21.4 Å². The Bertz CT molecular complexity index is 1580. The second-order valence-electron chi connectivity index (χ2n) is 11.3. The molecular weight excluding hydrogens is 617 g/mol. The molecule has 3 heterocycles. The summed E-state index contributed by atoms with van der Waals surface area (Å²) >= 11 is 0. The first-order valence-electron chi connectivity index (χ1n) is 14.8. The van der Waals surface area contributed by atoms with Crippen molar-refractivity contribution in [3.63, 3.8) is 0 Å². The largest absolute Gasteiger partial charge is 0.324 e. The monoisotopic (exact) mass is 651 g/mol. The van der Waals surface area contributed by atoms with Gasteiger partial charge in [-0.3, -0.25) is 9.78 Å². The van der Waals surface area contributed by atoms with Gasteiger partial charge in [-0.25, -0.2) is 22.0 Å². The van der Waals surface area contributed by atoms with Crippen LogP contribution in [0.15, 0.2) is 54.9 Å². The van der Waals surface area contributed by atoms with E-state index in [0.29, 0.717) is 24.7 Å². The van der Waals surface area contributed by atoms with Gasteiger partial charge in [0.15, 0.2) is 0 Å². The van der Waals surface area contributed by atoms with Gasteiger partial charge in [0.2, 0.25) is 5.91 Å². The maximum atomic E-state index is 15.1. The summed E-state index contributed by atoms with van der Waals surface area (Å²) in [6.07, 6.45) is 1.49. The molecule has 2 saturated heterocycles. The van der Waals surface area contributed by atoms with Crippen LogP contribution >= 0.6 is 0 Å². The van der Waals surface area contributed by atoms with Gasteiger partial charge in [0, 0.05) is 62.7 Å². The molecule has 14 heteroatoms. The van der Waals surface area contributed by atoms with Crippen molar-refractivity contribution in [2.24, 2.45) is 0 Å². The fourth-order valence-corrected chi connectivity index (χ4v) is 7.76. The Morgan fingerprint density at radius 2 is 1.64 bits per heavy atom. The van der Waals surface area contributed by atoms with E-state index in [-0.39, 0.29) is 68.6 Å². The highest BCUT2D eigenvalue weighted by Gasteiger charge is 2.38. The third kappa shape index (κ3) is 8.04. The Morgan fingerprint density at radius 1 is 0.956 bits per heavy atom. The number of pyridine rings is 1. The smallest absolute Gasteiger partial charge is 0.282 e. The molecule has 45 heavy (non-hydrogen) atoms. The zero-order valence-corrected chi connectivity index (χ0v) is 25.2. The van der Waals surface area contributed by atoms with Gasteiger partial charge in [0.1, 0.15) is 29.4 Å². The summed E-state index contributed by atoms with van der Waals surface area (Å²) in [5, 5.41) is 5.82. The molecule has 2 N–H and O–H groups in total. The Kier molecular flexibility index (Phi) is 10.5. The number of hydrogen-bond acceptors (Lipinski definition) is 5. The Balaban J connectivity index is 1.32. The molecule has 8 nitrogen and oxygen atoms in total. The van der Waals surface area contributed by atoms with Crippen molar-refractivity contribution in [3.8, 4) is 0 Å². The zero-order chi connectivity index (χ0) is 32.1. The number of benzene rings is 2. The Morgan fingerprint density at radius 3 is 2.33 bits per heavy atom. The van der Waals surface area contributed by atoms with Gasteiger partial charge < -0.3 is 10.6 Å². The number of aromatic nitrogens is 1. The van der Waals surface area contributed by atoms with Crippen molar-refractivity contribution in [2.75, 3.05) is 38.0 Å². The summed E-state index contributed by atoms with van der Waals surface area (Å²) in [4.78, 5) is 17.2. The van der Waals surface area contributed by atoms with E-state index in [1.165, 1.54) is 39.1 Å². The molecule has 0 bridgehead atoms. The molecule has 242 valence electrons. The quantitative estimate of drug-likeness (QED) is 0.311. The minimum absolute atomic E-state index is 0.0609. The second kappa shape index (κ2) is 14.3. The van der Waals surface area contributed by atoms with Crippen molar-refractivity contribution in [1.29, 1.82) is 0 Å². The van der Waals surface area contributed by atoms with Crippen LogP contribution in [0.3, 0.4) is 0 Å². The van der Waals surface area contributed by atoms with E-state index in [2.05, 4.69) is 15.6 Å². The summed E-state index contributed by atoms with van der Waals surface area (Å²) in [7, 11) is -3.87. The fraction of sp³-hybridized carbons (Fsp3) is 0.419. The minimum Gasteiger partial charge on any atom is -0.324 e. The fourth-order valence-electron chi connectivity index (χ4n) is 5.92. The normalized spacial score (nSPS) is 19.4. The van der Waals surface area contributed by atoms with Crippen LogP contribution < -0.4 is 10.6 Å². The van der Waals surface area contributed by atoms with Crippen molar-refractivity contribution in [1.82, 2.24) is 18.9 Å². The minimum atomic E-state index is -3.87. The first-order valence-corrected chi connectivity index (χ1v) is 16.2. The molecule has 0 radical (unpaired) electrons. The number of carbonyl (C=O) groups is 1. The number of hydrogen-bond donors (Lipinski definition) is 2. The lowest BCUT2D eigenvalue weighted by Crippen LogP contribution is -2.58. The third-order valence-electron chi connectivity index (χ3n) is 8.26. The lowest BCUT2D eigenvalue weighted by atomic mass is 9.88. The van der Waals surface area contributed by atoms with Crippen LogP contribution in [0.4, 0.5) is 27.6 Å². The summed E-state index contributed by atoms with van der Waals surface area (Å²) in [5.74, 6) is -4.36. The zero-order valence-electron chi connectivity index (χ0n) is 24.4. The van der Waals surface area contributed by atoms with E-state index in [0.717, 1.165) is 18.3 Å². The van der Waals surface area contributed by atoms with E-state index < -0.39 is 57.5 Å². The average Bonchev–Trinajstić information content (AvgIpc) is 3.00. The number of nitrogens with zero attached hydrogens (tertiary/aromatic N) is 3. The standard InChI is InChI=1S/C31H34F5N5O3S/c32-22-3-1-20(2-4-22)28(21-13-24(34)15-25(35)14-21)16-31(42)39-30-19-38-18-29(36)27(30)6-5-26-17-37-9-12-41(26)45(43,44)40-10-7-23(33)8-11-40/h1-4,13-15,18-19,23,26,28,37H,5-12,16-17H2,(H,39,42)/t26-,28-/m0/s1. The van der Waals surface area contributed by atoms with Crippen LogP contribution in [-0.4, -0.2) is 72.9 Å². The van der Waals surface area contributed by atoms with Gasteiger partial charge in [-0.1, -0.05) is 12.1 Å². The Hall–Kier alpha value is -3.46. The van der Waals surface area contributed by atoms with Gasteiger partial charge >= 0.3 is 0 Å². The van der Waals surface area contributed by atoms with Crippen molar-refractivity contribution >= 4 is 21.8 Å². The molecule has 0 spiro atoms. The Labute approximate surface area is 258 Å². The highest BCUT2D eigenvalue weighted by atomic mass is 32.2. The predicted molar refractivity (Wildman–Crippen MR) is 158 cm³/mol. The number of amides is 1. The lowest BCUT2D eigenvalue weighted by Gasteiger charge is -2.39. The second-order valence-corrected chi connectivity index (χ2v) is 13.2. The van der Waals surface area contributed by atoms with Gasteiger partial charge in [-0.2, -0.15) is 17.0 Å². The van der Waals surface area contributed by atoms with Gasteiger partial charge in [-0.15, -0.1) is 0 Å². The molecule has 3 aromatic rings. The molecular formula is C31H34F5N5O3S. The van der Waals surface area contributed by atoms with Gasteiger partial charge in [0.25, 0.3) is 10.2 Å². The molecule has 0 unspecified atom stereocenters. The molecule has 2 aromatic carbocycles. The number of rotatable bonds is 10. The van der Waals surface area contributed by atoms with Crippen LogP contribution in [0.2, 0.25) is 0 Å². The third-order valence-corrected chi connectivity index (χ3v) is 10.3. The number of carbonyl (C=O) groups excluding carboxylic acids is 1. The highest BCUT2D eigenvalue weighted by Crippen LogP contribution is 2.31. The molecule has 1 amide bonds. The molecule has 0 aliphatic carbocycles. The first-order chi connectivity index (χ1) is 21.5. The average molecular weight is 652 g/mol. The van der Waals surface area contributed by atoms with Gasteiger partial charge in [-0.05, 0) is 61.1 Å². The topological polar surface area (TPSA) is 94.6 Å². The predicted octanol–water partition coefficient (Wildman–Crippen LogP) is 4.68. The summed E-state index contributed by atoms with van der Waals surface area (Å²) < 4.78 is 100. The van der Waals surface area contributed by atoms with E-state index in [1.54, 1.807) is 0 Å². The number of nitrogens with one attached hydrogen (secondary N) is 2. The van der Waals surface area contributed by atoms with Crippen LogP contribution in [0, 0.1) is 23.3 Å². The van der Waals surface area contributed by atoms with Crippen molar-refractivity contribution < 1.29 is 35.2 Å². The maximum Gasteiger partial charge on any atom is 0.282 e. The van der Waals surface area contributed by atoms with E-state index in [9.17, 15) is 30.8 Å². The van der Waals surface area contributed by atoms with Crippen molar-refractivity contribution in [3.05, 3.63) is 94.8 Å². The molecule has 2 aliphatic rings. The van der Waals surface area contributed by atoms with Crippen LogP contribution in [0.1, 0.15) is 48.3 Å². The number of piperidine rings is 1. The summed E-state index contributed by atoms with van der Waals surface area (Å²) in [5.41, 5.74) is 0.797. The van der Waals surface area contributed by atoms with Crippen molar-refractivity contribution in [2.45, 2.75) is 50.2 Å². The highest BCUT2D eigenvalue weighted by molar-refractivity contribution is 7.86. The molecule has 2 atom stereocenters. The SMILES string of the molecule is O=C(C[C@@H](c1ccc(F)cc1)c1cc(F)cc(F)c1)Nc1cncc(F)c1CC[C@H]1CNCCN1S(=O)(=O)N1CCC(F)CC1. The van der Waals surface area contributed by atoms with E-state index >= 15 is 4.39 Å². The maximum absolute atomic E-state index is 15.1. The lowest BCUT2D eigenvalue weighted by molar-refractivity contribution is -0.116. The molecule has 2 fully saturated rings.